The Hall–Kier alpha value is -2.33. The van der Waals surface area contributed by atoms with Gasteiger partial charge in [0, 0.05) is 57.9 Å². The maximum absolute atomic E-state index is 11.2. The Bertz CT molecular complexity index is 996. The van der Waals surface area contributed by atoms with Crippen molar-refractivity contribution in [2.75, 3.05) is 32.8 Å². The molecule has 1 amide bonds. The molecule has 0 unspecified atom stereocenters. The number of likely N-dealkylation sites (tertiary alicyclic amines) is 1. The summed E-state index contributed by atoms with van der Waals surface area (Å²) in [5.74, 6) is -0.434. The van der Waals surface area contributed by atoms with Crippen molar-refractivity contribution in [2.45, 2.75) is 63.6 Å². The van der Waals surface area contributed by atoms with Gasteiger partial charge in [-0.3, -0.25) is 4.79 Å². The molecule has 0 saturated carbocycles. The lowest BCUT2D eigenvalue weighted by atomic mass is 9.98. The second-order valence-corrected chi connectivity index (χ2v) is 9.91. The molecule has 0 aliphatic carbocycles. The molecule has 5 rings (SSSR count). The maximum Gasteiger partial charge on any atom is 0.217 e. The molecule has 3 fully saturated rings. The Kier molecular flexibility index (Phi) is 8.00. The van der Waals surface area contributed by atoms with Gasteiger partial charge in [-0.15, -0.1) is 0 Å². The molecule has 2 aromatic rings. The SMILES string of the molecule is CC(=O)NCc1ccc([C@@H]2O[C@H](CN3CCC4(CC3)OCCO4)C[C@H](c3ccc(CO)cc3)O2)cc1. The summed E-state index contributed by atoms with van der Waals surface area (Å²) >= 11 is 0. The van der Waals surface area contributed by atoms with Gasteiger partial charge in [0.2, 0.25) is 5.91 Å². The largest absolute Gasteiger partial charge is 0.392 e. The Morgan fingerprint density at radius 3 is 2.25 bits per heavy atom. The van der Waals surface area contributed by atoms with Crippen LogP contribution >= 0.6 is 0 Å². The number of ether oxygens (including phenoxy) is 4. The van der Waals surface area contributed by atoms with Gasteiger partial charge in [0.05, 0.1) is 32.0 Å². The third kappa shape index (κ3) is 6.14. The van der Waals surface area contributed by atoms with Crippen molar-refractivity contribution in [3.05, 3.63) is 70.8 Å². The highest BCUT2D eigenvalue weighted by Crippen LogP contribution is 2.39. The fourth-order valence-electron chi connectivity index (χ4n) is 5.20. The lowest BCUT2D eigenvalue weighted by Gasteiger charge is -2.41. The summed E-state index contributed by atoms with van der Waals surface area (Å²) in [6.07, 6.45) is 1.91. The highest BCUT2D eigenvalue weighted by atomic mass is 16.7. The summed E-state index contributed by atoms with van der Waals surface area (Å²) in [5, 5.41) is 12.3. The second-order valence-electron chi connectivity index (χ2n) is 9.91. The molecule has 2 aromatic carbocycles. The topological polar surface area (TPSA) is 89.5 Å². The van der Waals surface area contributed by atoms with Gasteiger partial charge in [-0.2, -0.15) is 0 Å². The molecule has 194 valence electrons. The zero-order valence-corrected chi connectivity index (χ0v) is 20.9. The Morgan fingerprint density at radius 2 is 1.61 bits per heavy atom. The number of hydrogen-bond donors (Lipinski definition) is 2. The lowest BCUT2D eigenvalue weighted by molar-refractivity contribution is -0.255. The molecule has 8 nitrogen and oxygen atoms in total. The van der Waals surface area contributed by atoms with E-state index in [1.165, 1.54) is 6.92 Å². The predicted octanol–water partition coefficient (Wildman–Crippen LogP) is 3.20. The first-order valence-corrected chi connectivity index (χ1v) is 12.9. The fourth-order valence-corrected chi connectivity index (χ4v) is 5.20. The van der Waals surface area contributed by atoms with Crippen LogP contribution in [0.25, 0.3) is 0 Å². The number of carbonyl (C=O) groups excluding carboxylic acids is 1. The fraction of sp³-hybridized carbons (Fsp3) is 0.536. The van der Waals surface area contributed by atoms with Gasteiger partial charge >= 0.3 is 0 Å². The number of aliphatic hydroxyl groups is 1. The summed E-state index contributed by atoms with van der Waals surface area (Å²) in [5.41, 5.74) is 3.94. The molecule has 8 heteroatoms. The summed E-state index contributed by atoms with van der Waals surface area (Å²) in [7, 11) is 0. The Labute approximate surface area is 212 Å². The summed E-state index contributed by atoms with van der Waals surface area (Å²) in [6, 6.07) is 16.0. The van der Waals surface area contributed by atoms with E-state index in [2.05, 4.69) is 10.2 Å². The summed E-state index contributed by atoms with van der Waals surface area (Å²) in [4.78, 5) is 13.7. The van der Waals surface area contributed by atoms with Crippen LogP contribution in [0.3, 0.4) is 0 Å². The standard InChI is InChI=1S/C28H36N2O6/c1-20(32)29-17-21-2-8-24(9-3-21)27-35-25(16-26(36-27)23-6-4-22(19-31)5-7-23)18-30-12-10-28(11-13-30)33-14-15-34-28/h2-9,25-27,31H,10-19H2,1H3,(H,29,32)/t25-,26+,27+/m0/s1. The maximum atomic E-state index is 11.2. The highest BCUT2D eigenvalue weighted by molar-refractivity contribution is 5.72. The molecule has 1 spiro atoms. The quantitative estimate of drug-likeness (QED) is 0.609. The first-order chi connectivity index (χ1) is 17.5. The monoisotopic (exact) mass is 496 g/mol. The van der Waals surface area contributed by atoms with Crippen LogP contribution in [0.1, 0.15) is 60.8 Å². The molecule has 3 aliphatic rings. The smallest absolute Gasteiger partial charge is 0.217 e. The third-order valence-electron chi connectivity index (χ3n) is 7.30. The first-order valence-electron chi connectivity index (χ1n) is 12.9. The summed E-state index contributed by atoms with van der Waals surface area (Å²) < 4.78 is 24.7. The molecule has 3 heterocycles. The highest BCUT2D eigenvalue weighted by Gasteiger charge is 2.41. The van der Waals surface area contributed by atoms with Crippen molar-refractivity contribution in [2.24, 2.45) is 0 Å². The molecule has 0 radical (unpaired) electrons. The van der Waals surface area contributed by atoms with Gasteiger partial charge in [-0.1, -0.05) is 48.5 Å². The molecule has 3 aliphatic heterocycles. The van der Waals surface area contributed by atoms with Gasteiger partial charge in [-0.05, 0) is 16.7 Å². The van der Waals surface area contributed by atoms with E-state index in [1.807, 2.05) is 48.5 Å². The first kappa shape index (κ1) is 25.3. The van der Waals surface area contributed by atoms with Gasteiger partial charge < -0.3 is 34.3 Å². The van der Waals surface area contributed by atoms with E-state index in [1.54, 1.807) is 0 Å². The van der Waals surface area contributed by atoms with E-state index in [4.69, 9.17) is 18.9 Å². The van der Waals surface area contributed by atoms with Crippen LogP contribution in [0.15, 0.2) is 48.5 Å². The Balaban J connectivity index is 1.28. The molecule has 3 atom stereocenters. The van der Waals surface area contributed by atoms with E-state index < -0.39 is 6.29 Å². The average Bonchev–Trinajstić information content (AvgIpc) is 3.37. The van der Waals surface area contributed by atoms with Crippen molar-refractivity contribution in [3.8, 4) is 0 Å². The minimum Gasteiger partial charge on any atom is -0.392 e. The van der Waals surface area contributed by atoms with Crippen LogP contribution in [-0.2, 0) is 36.9 Å². The number of amides is 1. The van der Waals surface area contributed by atoms with E-state index >= 15 is 0 Å². The number of benzene rings is 2. The van der Waals surface area contributed by atoms with E-state index in [-0.39, 0.29) is 30.5 Å². The molecule has 0 bridgehead atoms. The van der Waals surface area contributed by atoms with Crippen LogP contribution in [0, 0.1) is 0 Å². The number of nitrogens with zero attached hydrogens (tertiary/aromatic N) is 1. The molecule has 0 aromatic heterocycles. The van der Waals surface area contributed by atoms with Gasteiger partial charge in [0.15, 0.2) is 12.1 Å². The zero-order chi connectivity index (χ0) is 25.0. The average molecular weight is 497 g/mol. The van der Waals surface area contributed by atoms with Gasteiger partial charge in [0.25, 0.3) is 0 Å². The zero-order valence-electron chi connectivity index (χ0n) is 20.9. The summed E-state index contributed by atoms with van der Waals surface area (Å²) in [6.45, 7) is 6.06. The number of carbonyl (C=O) groups is 1. The second kappa shape index (κ2) is 11.4. The molecule has 3 saturated heterocycles. The molecule has 2 N–H and O–H groups in total. The lowest BCUT2D eigenvalue weighted by Crippen LogP contribution is -2.48. The van der Waals surface area contributed by atoms with Gasteiger partial charge in [0.1, 0.15) is 0 Å². The normalized spacial score (nSPS) is 26.2. The van der Waals surface area contributed by atoms with Crippen LogP contribution in [-0.4, -0.2) is 60.7 Å². The van der Waals surface area contributed by atoms with Crippen molar-refractivity contribution in [1.29, 1.82) is 0 Å². The van der Waals surface area contributed by atoms with Crippen molar-refractivity contribution in [1.82, 2.24) is 10.2 Å². The number of hydrogen-bond acceptors (Lipinski definition) is 7. The van der Waals surface area contributed by atoms with Crippen molar-refractivity contribution >= 4 is 5.91 Å². The third-order valence-corrected chi connectivity index (χ3v) is 7.30. The van der Waals surface area contributed by atoms with Crippen molar-refractivity contribution < 1.29 is 28.8 Å². The van der Waals surface area contributed by atoms with Crippen LogP contribution in [0.2, 0.25) is 0 Å². The Morgan fingerprint density at radius 1 is 0.972 bits per heavy atom. The minimum absolute atomic E-state index is 0.00443. The molecular weight excluding hydrogens is 460 g/mol. The van der Waals surface area contributed by atoms with E-state index in [0.29, 0.717) is 19.8 Å². The van der Waals surface area contributed by atoms with Crippen molar-refractivity contribution in [3.63, 3.8) is 0 Å². The van der Waals surface area contributed by atoms with Crippen LogP contribution < -0.4 is 5.32 Å². The minimum atomic E-state index is -0.487. The molecule has 36 heavy (non-hydrogen) atoms. The number of piperidine rings is 1. The predicted molar refractivity (Wildman–Crippen MR) is 133 cm³/mol. The number of aliphatic hydroxyl groups excluding tert-OH is 1. The number of nitrogens with one attached hydrogen (secondary N) is 1. The van der Waals surface area contributed by atoms with Crippen LogP contribution in [0.5, 0.6) is 0 Å². The van der Waals surface area contributed by atoms with E-state index in [0.717, 1.165) is 61.2 Å². The van der Waals surface area contributed by atoms with Gasteiger partial charge in [-0.25, -0.2) is 0 Å². The number of rotatable bonds is 7. The van der Waals surface area contributed by atoms with Crippen LogP contribution in [0.4, 0.5) is 0 Å². The van der Waals surface area contributed by atoms with E-state index in [9.17, 15) is 9.90 Å². The molecular formula is C28H36N2O6.